The second kappa shape index (κ2) is 1.70. The molecule has 0 amide bonds. The van der Waals surface area contributed by atoms with Crippen molar-refractivity contribution >= 4 is 11.7 Å². The Hall–Kier alpha value is -1.58. The third-order valence-electron chi connectivity index (χ3n) is 1.27. The van der Waals surface area contributed by atoms with E-state index in [4.69, 9.17) is 9.93 Å². The number of hydrogen-bond donors (Lipinski definition) is 1. The summed E-state index contributed by atoms with van der Waals surface area (Å²) in [5.41, 5.74) is 1.48. The van der Waals surface area contributed by atoms with Crippen LogP contribution in [0.1, 0.15) is 5.69 Å². The molecule has 0 aliphatic carbocycles. The molecule has 2 aromatic heterocycles. The predicted octanol–water partition coefficient (Wildman–Crippen LogP) is 0.925. The van der Waals surface area contributed by atoms with Crippen molar-refractivity contribution in [2.45, 2.75) is 0 Å². The summed E-state index contributed by atoms with van der Waals surface area (Å²) in [5, 5.41) is 10.8. The maximum Gasteiger partial charge on any atom is 0.124 e. The lowest BCUT2D eigenvalue weighted by molar-refractivity contribution is 0.338. The molecule has 2 aromatic rings. The number of hydrogen-bond acceptors (Lipinski definition) is 3. The molecule has 0 spiro atoms. The van der Waals surface area contributed by atoms with E-state index in [2.05, 4.69) is 5.10 Å². The zero-order chi connectivity index (χ0) is 6.97. The number of fused-ring (bicyclic) bond motifs is 1. The molecule has 10 heavy (non-hydrogen) atoms. The first-order valence-electron chi connectivity index (χ1n) is 2.84. The average molecular weight is 135 g/mol. The summed E-state index contributed by atoms with van der Waals surface area (Å²) in [7, 11) is 0. The standard InChI is InChI=1S/C6H5N3O/c7-4-5-3-6-1-2-10-9(6)8-5/h1-4,7H. The fraction of sp³-hybridized carbons (Fsp3) is 0. The van der Waals surface area contributed by atoms with Crippen LogP contribution in [-0.4, -0.2) is 16.0 Å². The minimum atomic E-state index is 0.611. The fourth-order valence-electron chi connectivity index (χ4n) is 0.823. The third-order valence-corrected chi connectivity index (χ3v) is 1.27. The zero-order valence-corrected chi connectivity index (χ0v) is 5.11. The van der Waals surface area contributed by atoms with Gasteiger partial charge in [0, 0.05) is 12.3 Å². The molecule has 4 nitrogen and oxygen atoms in total. The van der Waals surface area contributed by atoms with Crippen LogP contribution in [0.4, 0.5) is 0 Å². The maximum absolute atomic E-state index is 6.87. The Morgan fingerprint density at radius 3 is 3.30 bits per heavy atom. The maximum atomic E-state index is 6.87. The van der Waals surface area contributed by atoms with Crippen molar-refractivity contribution < 1.29 is 4.52 Å². The monoisotopic (exact) mass is 135 g/mol. The van der Waals surface area contributed by atoms with Gasteiger partial charge < -0.3 is 9.93 Å². The summed E-state index contributed by atoms with van der Waals surface area (Å²) in [5.74, 6) is 0. The minimum Gasteiger partial charge on any atom is -0.365 e. The van der Waals surface area contributed by atoms with E-state index in [0.29, 0.717) is 5.69 Å². The van der Waals surface area contributed by atoms with Crippen molar-refractivity contribution in [3.05, 3.63) is 24.1 Å². The van der Waals surface area contributed by atoms with Crippen LogP contribution < -0.4 is 0 Å². The molecule has 1 N–H and O–H groups in total. The average Bonchev–Trinajstić information content (AvgIpc) is 2.42. The minimum absolute atomic E-state index is 0.611. The topological polar surface area (TPSA) is 54.3 Å². The van der Waals surface area contributed by atoms with E-state index < -0.39 is 0 Å². The molecule has 0 unspecified atom stereocenters. The first kappa shape index (κ1) is 5.22. The van der Waals surface area contributed by atoms with Gasteiger partial charge in [-0.3, -0.25) is 0 Å². The highest BCUT2D eigenvalue weighted by molar-refractivity contribution is 5.76. The van der Waals surface area contributed by atoms with Gasteiger partial charge in [-0.1, -0.05) is 4.69 Å². The van der Waals surface area contributed by atoms with Gasteiger partial charge in [0.05, 0.1) is 0 Å². The summed E-state index contributed by atoms with van der Waals surface area (Å²) in [6.45, 7) is 0. The molecule has 0 aromatic carbocycles. The van der Waals surface area contributed by atoms with Crippen molar-refractivity contribution in [1.29, 1.82) is 5.41 Å². The van der Waals surface area contributed by atoms with Crippen LogP contribution in [0.5, 0.6) is 0 Å². The summed E-state index contributed by atoms with van der Waals surface area (Å²) in [4.78, 5) is 0. The van der Waals surface area contributed by atoms with Gasteiger partial charge in [0.15, 0.2) is 0 Å². The fourth-order valence-corrected chi connectivity index (χ4v) is 0.823. The van der Waals surface area contributed by atoms with Gasteiger partial charge in [0.2, 0.25) is 0 Å². The lowest BCUT2D eigenvalue weighted by Gasteiger charge is -1.75. The van der Waals surface area contributed by atoms with E-state index in [1.807, 2.05) is 0 Å². The highest BCUT2D eigenvalue weighted by atomic mass is 16.5. The van der Waals surface area contributed by atoms with Crippen LogP contribution >= 0.6 is 0 Å². The van der Waals surface area contributed by atoms with Gasteiger partial charge in [-0.2, -0.15) is 0 Å². The summed E-state index contributed by atoms with van der Waals surface area (Å²) in [6.07, 6.45) is 2.73. The first-order valence-corrected chi connectivity index (χ1v) is 2.84. The molecular formula is C6H5N3O. The predicted molar refractivity (Wildman–Crippen MR) is 35.3 cm³/mol. The molecule has 0 aliphatic heterocycles. The van der Waals surface area contributed by atoms with Gasteiger partial charge in [-0.25, -0.2) is 0 Å². The number of nitrogens with one attached hydrogen (secondary N) is 1. The molecular weight excluding hydrogens is 130 g/mol. The highest BCUT2D eigenvalue weighted by Gasteiger charge is 1.98. The normalized spacial score (nSPS) is 10.4. The quantitative estimate of drug-likeness (QED) is 0.591. The van der Waals surface area contributed by atoms with E-state index in [0.717, 1.165) is 5.52 Å². The number of rotatable bonds is 1. The van der Waals surface area contributed by atoms with Crippen molar-refractivity contribution in [1.82, 2.24) is 9.79 Å². The molecule has 0 bridgehead atoms. The van der Waals surface area contributed by atoms with Crippen LogP contribution in [0.15, 0.2) is 22.9 Å². The van der Waals surface area contributed by atoms with Gasteiger partial charge >= 0.3 is 0 Å². The molecule has 0 saturated carbocycles. The van der Waals surface area contributed by atoms with Gasteiger partial charge in [0.1, 0.15) is 17.5 Å². The van der Waals surface area contributed by atoms with Crippen LogP contribution in [0.2, 0.25) is 0 Å². The Morgan fingerprint density at radius 1 is 1.70 bits per heavy atom. The summed E-state index contributed by atoms with van der Waals surface area (Å²) in [6, 6.07) is 3.57. The highest BCUT2D eigenvalue weighted by Crippen LogP contribution is 2.03. The summed E-state index contributed by atoms with van der Waals surface area (Å²) < 4.78 is 6.28. The molecule has 4 heteroatoms. The smallest absolute Gasteiger partial charge is 0.124 e. The lowest BCUT2D eigenvalue weighted by Crippen LogP contribution is -1.82. The van der Waals surface area contributed by atoms with Crippen LogP contribution in [0, 0.1) is 5.41 Å². The van der Waals surface area contributed by atoms with Gasteiger partial charge in [-0.05, 0) is 6.07 Å². The molecule has 50 valence electrons. The largest absolute Gasteiger partial charge is 0.365 e. The molecule has 2 rings (SSSR count). The number of aromatic nitrogens is 2. The van der Waals surface area contributed by atoms with Gasteiger partial charge in [-0.15, -0.1) is 5.10 Å². The van der Waals surface area contributed by atoms with E-state index in [-0.39, 0.29) is 0 Å². The lowest BCUT2D eigenvalue weighted by atomic mass is 10.4. The Kier molecular flexibility index (Phi) is 0.887. The Bertz CT molecular complexity index is 331. The van der Waals surface area contributed by atoms with E-state index in [1.165, 1.54) is 10.9 Å². The Morgan fingerprint density at radius 2 is 2.60 bits per heavy atom. The molecule has 0 radical (unpaired) electrons. The van der Waals surface area contributed by atoms with E-state index in [9.17, 15) is 0 Å². The van der Waals surface area contributed by atoms with Crippen molar-refractivity contribution in [2.75, 3.05) is 0 Å². The van der Waals surface area contributed by atoms with Crippen LogP contribution in [0.25, 0.3) is 5.52 Å². The van der Waals surface area contributed by atoms with Crippen molar-refractivity contribution in [2.24, 2.45) is 0 Å². The van der Waals surface area contributed by atoms with E-state index in [1.54, 1.807) is 18.4 Å². The van der Waals surface area contributed by atoms with E-state index >= 15 is 0 Å². The van der Waals surface area contributed by atoms with Crippen molar-refractivity contribution in [3.63, 3.8) is 0 Å². The second-order valence-electron chi connectivity index (χ2n) is 1.92. The zero-order valence-electron chi connectivity index (χ0n) is 5.11. The second-order valence-corrected chi connectivity index (χ2v) is 1.92. The number of nitrogens with zero attached hydrogens (tertiary/aromatic N) is 2. The third kappa shape index (κ3) is 0.556. The summed E-state index contributed by atoms with van der Waals surface area (Å²) >= 11 is 0. The van der Waals surface area contributed by atoms with Crippen LogP contribution in [-0.2, 0) is 0 Å². The Labute approximate surface area is 56.5 Å². The molecule has 0 aliphatic rings. The Balaban J connectivity index is 2.78. The SMILES string of the molecule is N=Cc1cc2ccon2n1. The first-order chi connectivity index (χ1) is 4.90. The molecule has 0 atom stereocenters. The van der Waals surface area contributed by atoms with Gasteiger partial charge in [0.25, 0.3) is 0 Å². The van der Waals surface area contributed by atoms with Crippen LogP contribution in [0.3, 0.4) is 0 Å². The molecule has 2 heterocycles. The molecule has 0 fully saturated rings. The molecule has 0 saturated heterocycles. The van der Waals surface area contributed by atoms with Crippen molar-refractivity contribution in [3.8, 4) is 0 Å².